The van der Waals surface area contributed by atoms with Gasteiger partial charge in [-0.15, -0.1) is 0 Å². The van der Waals surface area contributed by atoms with Crippen molar-refractivity contribution in [3.63, 3.8) is 0 Å². The van der Waals surface area contributed by atoms with Crippen molar-refractivity contribution in [2.24, 2.45) is 0 Å². The van der Waals surface area contributed by atoms with Crippen molar-refractivity contribution in [1.82, 2.24) is 0 Å². The Morgan fingerprint density at radius 1 is 1.27 bits per heavy atom. The Morgan fingerprint density at radius 2 is 1.95 bits per heavy atom. The van der Waals surface area contributed by atoms with E-state index in [1.807, 2.05) is 0 Å². The molecule has 0 amide bonds. The zero-order chi connectivity index (χ0) is 16.5. The Labute approximate surface area is 133 Å². The first kappa shape index (κ1) is 16.6. The van der Waals surface area contributed by atoms with Crippen molar-refractivity contribution < 1.29 is 18.4 Å². The van der Waals surface area contributed by atoms with Crippen LogP contribution in [0.5, 0.6) is 5.75 Å². The zero-order valence-corrected chi connectivity index (χ0v) is 13.4. The Balaban J connectivity index is 2.80. The number of methoxy groups -OCH3 is 1. The highest BCUT2D eigenvalue weighted by molar-refractivity contribution is 7.92. The molecule has 22 heavy (non-hydrogen) atoms. The van der Waals surface area contributed by atoms with E-state index in [2.05, 4.69) is 0 Å². The average molecular weight is 343 g/mol. The van der Waals surface area contributed by atoms with Crippen molar-refractivity contribution >= 4 is 27.1 Å². The predicted molar refractivity (Wildman–Crippen MR) is 82.3 cm³/mol. The van der Waals surface area contributed by atoms with E-state index in [0.29, 0.717) is 5.56 Å². The zero-order valence-electron chi connectivity index (χ0n) is 11.8. The molecule has 6 nitrogen and oxygen atoms in total. The first-order chi connectivity index (χ1) is 10.3. The third-order valence-corrected chi connectivity index (χ3v) is 5.32. The Kier molecular flexibility index (Phi) is 4.62. The summed E-state index contributed by atoms with van der Waals surface area (Å²) in [6, 6.07) is 8.46. The lowest BCUT2D eigenvalue weighted by atomic mass is 10.2. The molecule has 0 aliphatic carbocycles. The maximum absolute atomic E-state index is 12.9. The molecule has 0 aromatic heterocycles. The summed E-state index contributed by atoms with van der Waals surface area (Å²) >= 11 is 5.95. The second-order valence-electron chi connectivity index (χ2n) is 4.52. The van der Waals surface area contributed by atoms with Gasteiger partial charge in [0.1, 0.15) is 15.5 Å². The molecular formula is C14H13ClNO5S-. The molecule has 0 radical (unpaired) electrons. The summed E-state index contributed by atoms with van der Waals surface area (Å²) in [7, 11) is -2.83. The molecule has 2 aromatic rings. The van der Waals surface area contributed by atoms with Gasteiger partial charge in [-0.1, -0.05) is 23.7 Å². The number of anilines is 1. The monoisotopic (exact) mass is 342 g/mol. The van der Waals surface area contributed by atoms with Gasteiger partial charge in [-0.05, 0) is 36.8 Å². The molecule has 0 aliphatic heterocycles. The fourth-order valence-electron chi connectivity index (χ4n) is 2.02. The number of hydrogen-bond donors (Lipinski definition) is 1. The van der Waals surface area contributed by atoms with Crippen LogP contribution in [0, 0.1) is 12.1 Å². The van der Waals surface area contributed by atoms with Crippen LogP contribution in [0.25, 0.3) is 0 Å². The standard InChI is InChI=1S/C14H13ClNO5S/c1-9-6-7-12(21-2)13(8-9)22(19,20)14-10(15)4-3-5-11(14)16(17)18/h3-8,17H,1-2H3/q-1. The van der Waals surface area contributed by atoms with Crippen molar-refractivity contribution in [3.8, 4) is 5.75 Å². The minimum absolute atomic E-state index is 0.117. The highest BCUT2D eigenvalue weighted by atomic mass is 35.5. The SMILES string of the molecule is COc1ccc(C)cc1S(=O)(=O)c1c(Cl)cccc1N([O-])O. The van der Waals surface area contributed by atoms with Crippen LogP contribution in [0.4, 0.5) is 5.69 Å². The smallest absolute Gasteiger partial charge is 0.213 e. The van der Waals surface area contributed by atoms with E-state index in [1.54, 1.807) is 13.0 Å². The van der Waals surface area contributed by atoms with Crippen molar-refractivity contribution in [2.45, 2.75) is 16.7 Å². The lowest BCUT2D eigenvalue weighted by Gasteiger charge is -2.25. The first-order valence-electron chi connectivity index (χ1n) is 6.13. The Hall–Kier alpha value is -1.80. The molecule has 0 unspecified atom stereocenters. The molecular weight excluding hydrogens is 330 g/mol. The maximum Gasteiger partial charge on any atom is 0.213 e. The van der Waals surface area contributed by atoms with Gasteiger partial charge in [0.2, 0.25) is 9.84 Å². The number of aryl methyl sites for hydroxylation is 1. The Bertz CT molecular complexity index is 805. The minimum atomic E-state index is -4.17. The summed E-state index contributed by atoms with van der Waals surface area (Å²) in [5.41, 5.74) is 0.229. The third-order valence-electron chi connectivity index (χ3n) is 3.03. The minimum Gasteiger partial charge on any atom is -0.733 e. The van der Waals surface area contributed by atoms with Gasteiger partial charge in [0, 0.05) is 0 Å². The molecule has 0 heterocycles. The van der Waals surface area contributed by atoms with Gasteiger partial charge >= 0.3 is 0 Å². The predicted octanol–water partition coefficient (Wildman–Crippen LogP) is 3.18. The van der Waals surface area contributed by atoms with E-state index in [4.69, 9.17) is 21.5 Å². The normalized spacial score (nSPS) is 11.3. The summed E-state index contributed by atoms with van der Waals surface area (Å²) in [6.07, 6.45) is 0. The van der Waals surface area contributed by atoms with Crippen LogP contribution in [0.2, 0.25) is 5.02 Å². The van der Waals surface area contributed by atoms with E-state index >= 15 is 0 Å². The number of hydrogen-bond acceptors (Lipinski definition) is 6. The molecule has 8 heteroatoms. The van der Waals surface area contributed by atoms with Gasteiger partial charge in [0.25, 0.3) is 0 Å². The summed E-state index contributed by atoms with van der Waals surface area (Å²) < 4.78 is 30.8. The highest BCUT2D eigenvalue weighted by Crippen LogP contribution is 2.38. The number of halogens is 1. The number of sulfone groups is 1. The van der Waals surface area contributed by atoms with E-state index in [1.165, 1.54) is 31.4 Å². The Morgan fingerprint density at radius 3 is 2.55 bits per heavy atom. The largest absolute Gasteiger partial charge is 0.733 e. The summed E-state index contributed by atoms with van der Waals surface area (Å²) in [6.45, 7) is 1.72. The maximum atomic E-state index is 12.9. The second-order valence-corrected chi connectivity index (χ2v) is 6.78. The first-order valence-corrected chi connectivity index (χ1v) is 7.99. The van der Waals surface area contributed by atoms with Crippen LogP contribution in [0.3, 0.4) is 0 Å². The average Bonchev–Trinajstić information content (AvgIpc) is 2.46. The number of nitrogens with zero attached hydrogens (tertiary/aromatic N) is 1. The number of ether oxygens (including phenoxy) is 1. The molecule has 0 saturated heterocycles. The van der Waals surface area contributed by atoms with Crippen LogP contribution in [0.1, 0.15) is 5.56 Å². The van der Waals surface area contributed by atoms with Gasteiger partial charge in [-0.25, -0.2) is 8.42 Å². The molecule has 0 aliphatic rings. The van der Waals surface area contributed by atoms with E-state index < -0.39 is 25.6 Å². The van der Waals surface area contributed by atoms with Gasteiger partial charge in [-0.2, -0.15) is 0 Å². The van der Waals surface area contributed by atoms with E-state index in [-0.39, 0.29) is 15.7 Å². The van der Waals surface area contributed by atoms with Gasteiger partial charge in [0.15, 0.2) is 0 Å². The molecule has 0 spiro atoms. The molecule has 2 rings (SSSR count). The van der Waals surface area contributed by atoms with Crippen LogP contribution in [-0.2, 0) is 9.84 Å². The topological polar surface area (TPSA) is 89.9 Å². The number of benzene rings is 2. The van der Waals surface area contributed by atoms with Crippen LogP contribution in [0.15, 0.2) is 46.2 Å². The van der Waals surface area contributed by atoms with Crippen LogP contribution < -0.4 is 9.96 Å². The summed E-state index contributed by atoms with van der Waals surface area (Å²) in [5, 5.41) is 19.7. The number of rotatable bonds is 4. The van der Waals surface area contributed by atoms with Gasteiger partial charge in [0.05, 0.1) is 17.8 Å². The van der Waals surface area contributed by atoms with Crippen molar-refractivity contribution in [1.29, 1.82) is 0 Å². The quantitative estimate of drug-likeness (QED) is 0.858. The van der Waals surface area contributed by atoms with Gasteiger partial charge in [-0.3, -0.25) is 5.21 Å². The molecule has 0 bridgehead atoms. The lowest BCUT2D eigenvalue weighted by Crippen LogP contribution is -2.14. The van der Waals surface area contributed by atoms with Gasteiger partial charge < -0.3 is 15.2 Å². The van der Waals surface area contributed by atoms with Crippen LogP contribution in [-0.4, -0.2) is 20.7 Å². The summed E-state index contributed by atoms with van der Waals surface area (Å²) in [5.74, 6) is 0.117. The molecule has 1 N–H and O–H groups in total. The second kappa shape index (κ2) is 6.13. The van der Waals surface area contributed by atoms with E-state index in [9.17, 15) is 13.6 Å². The molecule has 0 atom stereocenters. The molecule has 118 valence electrons. The van der Waals surface area contributed by atoms with Crippen molar-refractivity contribution in [2.75, 3.05) is 12.3 Å². The third kappa shape index (κ3) is 2.89. The lowest BCUT2D eigenvalue weighted by molar-refractivity contribution is 0.294. The molecule has 0 saturated carbocycles. The fraction of sp³-hybridized carbons (Fsp3) is 0.143. The highest BCUT2D eigenvalue weighted by Gasteiger charge is 2.28. The molecule has 2 aromatic carbocycles. The molecule has 0 fully saturated rings. The van der Waals surface area contributed by atoms with Crippen LogP contribution >= 0.6 is 11.6 Å². The summed E-state index contributed by atoms with van der Waals surface area (Å²) in [4.78, 5) is -0.607. The van der Waals surface area contributed by atoms with E-state index in [0.717, 1.165) is 6.07 Å². The fourth-order valence-corrected chi connectivity index (χ4v) is 4.22. The van der Waals surface area contributed by atoms with Crippen molar-refractivity contribution in [3.05, 3.63) is 52.2 Å².